The van der Waals surface area contributed by atoms with Crippen LogP contribution in [-0.2, 0) is 4.79 Å². The van der Waals surface area contributed by atoms with E-state index in [1.807, 2.05) is 20.8 Å². The Morgan fingerprint density at radius 3 is 2.23 bits per heavy atom. The van der Waals surface area contributed by atoms with E-state index in [0.29, 0.717) is 6.42 Å². The van der Waals surface area contributed by atoms with E-state index in [1.54, 1.807) is 6.92 Å². The minimum absolute atomic E-state index is 0.0686. The van der Waals surface area contributed by atoms with Gasteiger partial charge in [-0.25, -0.2) is 4.79 Å². The minimum Gasteiger partial charge on any atom is -0.323 e. The number of carbonyl (C=O) groups excluding carboxylic acids is 2. The monoisotopic (exact) mass is 184 g/mol. The molecule has 1 fully saturated rings. The van der Waals surface area contributed by atoms with Crippen LogP contribution in [-0.4, -0.2) is 28.4 Å². The SMILES string of the molecule is CC[C@@]1(C)NC(=O)N(C(C)C)C1=O. The molecule has 0 aromatic rings. The maximum absolute atomic E-state index is 11.8. The highest BCUT2D eigenvalue weighted by molar-refractivity contribution is 6.06. The van der Waals surface area contributed by atoms with Crippen LogP contribution in [0.1, 0.15) is 34.1 Å². The quantitative estimate of drug-likeness (QED) is 0.654. The van der Waals surface area contributed by atoms with Crippen molar-refractivity contribution in [1.29, 1.82) is 0 Å². The summed E-state index contributed by atoms with van der Waals surface area (Å²) in [6.07, 6.45) is 0.626. The van der Waals surface area contributed by atoms with Crippen LogP contribution in [0, 0.1) is 0 Å². The molecule has 1 heterocycles. The van der Waals surface area contributed by atoms with Gasteiger partial charge >= 0.3 is 6.03 Å². The Kier molecular flexibility index (Phi) is 2.32. The van der Waals surface area contributed by atoms with Gasteiger partial charge in [-0.2, -0.15) is 0 Å². The molecule has 0 saturated carbocycles. The summed E-state index contributed by atoms with van der Waals surface area (Å²) in [7, 11) is 0. The summed E-state index contributed by atoms with van der Waals surface area (Å²) in [5.74, 6) is -0.116. The maximum Gasteiger partial charge on any atom is 0.325 e. The van der Waals surface area contributed by atoms with Crippen LogP contribution in [0.25, 0.3) is 0 Å². The van der Waals surface area contributed by atoms with Crippen LogP contribution < -0.4 is 5.32 Å². The van der Waals surface area contributed by atoms with Crippen molar-refractivity contribution in [3.8, 4) is 0 Å². The summed E-state index contributed by atoms with van der Waals surface area (Å²) in [6, 6.07) is -0.342. The van der Waals surface area contributed by atoms with Gasteiger partial charge in [-0.05, 0) is 27.2 Å². The van der Waals surface area contributed by atoms with E-state index in [2.05, 4.69) is 5.32 Å². The van der Waals surface area contributed by atoms with Crippen molar-refractivity contribution in [2.45, 2.75) is 45.7 Å². The number of hydrogen-bond donors (Lipinski definition) is 1. The third-order valence-electron chi connectivity index (χ3n) is 2.52. The summed E-state index contributed by atoms with van der Waals surface area (Å²) in [4.78, 5) is 24.4. The molecule has 0 aliphatic carbocycles. The van der Waals surface area contributed by atoms with Gasteiger partial charge in [-0.15, -0.1) is 0 Å². The molecule has 0 bridgehead atoms. The van der Waals surface area contributed by atoms with Crippen LogP contribution in [0.4, 0.5) is 4.79 Å². The summed E-state index contributed by atoms with van der Waals surface area (Å²) in [5.41, 5.74) is -0.693. The Labute approximate surface area is 78.3 Å². The fourth-order valence-corrected chi connectivity index (χ4v) is 1.42. The van der Waals surface area contributed by atoms with E-state index in [0.717, 1.165) is 0 Å². The minimum atomic E-state index is -0.693. The van der Waals surface area contributed by atoms with E-state index >= 15 is 0 Å². The molecular weight excluding hydrogens is 168 g/mol. The second kappa shape index (κ2) is 3.01. The van der Waals surface area contributed by atoms with Gasteiger partial charge < -0.3 is 5.32 Å². The Morgan fingerprint density at radius 1 is 1.46 bits per heavy atom. The molecule has 4 heteroatoms. The highest BCUT2D eigenvalue weighted by atomic mass is 16.2. The molecule has 1 aliphatic heterocycles. The van der Waals surface area contributed by atoms with Crippen molar-refractivity contribution in [3.05, 3.63) is 0 Å². The van der Waals surface area contributed by atoms with E-state index in [9.17, 15) is 9.59 Å². The van der Waals surface area contributed by atoms with E-state index in [-0.39, 0.29) is 18.0 Å². The number of hydrogen-bond acceptors (Lipinski definition) is 2. The van der Waals surface area contributed by atoms with Gasteiger partial charge in [-0.3, -0.25) is 9.69 Å². The summed E-state index contributed by atoms with van der Waals surface area (Å²) in [6.45, 7) is 7.31. The normalized spacial score (nSPS) is 28.5. The molecule has 13 heavy (non-hydrogen) atoms. The van der Waals surface area contributed by atoms with Crippen molar-refractivity contribution < 1.29 is 9.59 Å². The van der Waals surface area contributed by atoms with Gasteiger partial charge in [0.2, 0.25) is 0 Å². The molecule has 1 rings (SSSR count). The van der Waals surface area contributed by atoms with Gasteiger partial charge in [0.25, 0.3) is 5.91 Å². The van der Waals surface area contributed by atoms with Crippen LogP contribution >= 0.6 is 0 Å². The molecule has 74 valence electrons. The van der Waals surface area contributed by atoms with Crippen LogP contribution in [0.3, 0.4) is 0 Å². The topological polar surface area (TPSA) is 49.4 Å². The van der Waals surface area contributed by atoms with Gasteiger partial charge in [0.1, 0.15) is 5.54 Å². The first kappa shape index (κ1) is 10.0. The predicted octanol–water partition coefficient (Wildman–Crippen LogP) is 1.12. The number of carbonyl (C=O) groups is 2. The molecule has 1 atom stereocenters. The lowest BCUT2D eigenvalue weighted by Gasteiger charge is -2.21. The Hall–Kier alpha value is -1.06. The first-order chi connectivity index (χ1) is 5.92. The third kappa shape index (κ3) is 1.41. The van der Waals surface area contributed by atoms with Crippen molar-refractivity contribution >= 4 is 11.9 Å². The van der Waals surface area contributed by atoms with Gasteiger partial charge in [-0.1, -0.05) is 6.92 Å². The van der Waals surface area contributed by atoms with Crippen molar-refractivity contribution in [2.24, 2.45) is 0 Å². The number of imide groups is 1. The standard InChI is InChI=1S/C9H16N2O2/c1-5-9(4)7(12)11(6(2)3)8(13)10-9/h6H,5H2,1-4H3,(H,10,13)/t9-/m1/s1. The lowest BCUT2D eigenvalue weighted by molar-refractivity contribution is -0.131. The average Bonchev–Trinajstić information content (AvgIpc) is 2.24. The number of rotatable bonds is 2. The van der Waals surface area contributed by atoms with Crippen LogP contribution in [0.2, 0.25) is 0 Å². The molecule has 0 spiro atoms. The number of nitrogens with zero attached hydrogens (tertiary/aromatic N) is 1. The fraction of sp³-hybridized carbons (Fsp3) is 0.778. The summed E-state index contributed by atoms with van der Waals surface area (Å²) >= 11 is 0. The van der Waals surface area contributed by atoms with E-state index in [1.165, 1.54) is 4.90 Å². The number of urea groups is 1. The number of nitrogens with one attached hydrogen (secondary N) is 1. The molecule has 0 aromatic heterocycles. The second-order valence-electron chi connectivity index (χ2n) is 3.88. The third-order valence-corrected chi connectivity index (χ3v) is 2.52. The first-order valence-electron chi connectivity index (χ1n) is 4.58. The molecule has 0 unspecified atom stereocenters. The highest BCUT2D eigenvalue weighted by Crippen LogP contribution is 2.22. The molecule has 1 N–H and O–H groups in total. The smallest absolute Gasteiger partial charge is 0.323 e. The van der Waals surface area contributed by atoms with Crippen molar-refractivity contribution in [2.75, 3.05) is 0 Å². The van der Waals surface area contributed by atoms with Crippen LogP contribution in [0.5, 0.6) is 0 Å². The maximum atomic E-state index is 11.8. The molecule has 3 amide bonds. The Balaban J connectivity index is 2.94. The molecular formula is C9H16N2O2. The molecule has 1 aliphatic rings. The lowest BCUT2D eigenvalue weighted by Crippen LogP contribution is -2.43. The zero-order valence-corrected chi connectivity index (χ0v) is 8.55. The lowest BCUT2D eigenvalue weighted by atomic mass is 9.99. The molecule has 4 nitrogen and oxygen atoms in total. The van der Waals surface area contributed by atoms with E-state index in [4.69, 9.17) is 0 Å². The van der Waals surface area contributed by atoms with Gasteiger partial charge in [0.15, 0.2) is 0 Å². The van der Waals surface area contributed by atoms with Crippen molar-refractivity contribution in [1.82, 2.24) is 10.2 Å². The molecule has 0 radical (unpaired) electrons. The van der Waals surface area contributed by atoms with Crippen LogP contribution in [0.15, 0.2) is 0 Å². The van der Waals surface area contributed by atoms with Gasteiger partial charge in [0, 0.05) is 6.04 Å². The first-order valence-corrected chi connectivity index (χ1v) is 4.58. The zero-order valence-electron chi connectivity index (χ0n) is 8.55. The fourth-order valence-electron chi connectivity index (χ4n) is 1.42. The van der Waals surface area contributed by atoms with Crippen molar-refractivity contribution in [3.63, 3.8) is 0 Å². The highest BCUT2D eigenvalue weighted by Gasteiger charge is 2.47. The predicted molar refractivity (Wildman–Crippen MR) is 49.2 cm³/mol. The van der Waals surface area contributed by atoms with Gasteiger partial charge in [0.05, 0.1) is 0 Å². The Bertz CT molecular complexity index is 250. The Morgan fingerprint density at radius 2 is 2.00 bits per heavy atom. The number of amides is 3. The second-order valence-corrected chi connectivity index (χ2v) is 3.88. The summed E-state index contributed by atoms with van der Waals surface area (Å²) in [5, 5.41) is 2.70. The van der Waals surface area contributed by atoms with E-state index < -0.39 is 5.54 Å². The molecule has 0 aromatic carbocycles. The average molecular weight is 184 g/mol. The molecule has 1 saturated heterocycles. The zero-order chi connectivity index (χ0) is 10.2. The summed E-state index contributed by atoms with van der Waals surface area (Å²) < 4.78 is 0. The largest absolute Gasteiger partial charge is 0.325 e.